The maximum Gasteiger partial charge on any atom is 0.125 e. The quantitative estimate of drug-likeness (QED) is 0.686. The van der Waals surface area contributed by atoms with Crippen LogP contribution in [-0.2, 0) is 0 Å². The first kappa shape index (κ1) is 15.6. The Morgan fingerprint density at radius 3 is 2.42 bits per heavy atom. The Hall–Kier alpha value is -1.42. The maximum absolute atomic E-state index is 6.04. The summed E-state index contributed by atoms with van der Waals surface area (Å²) < 4.78 is 6.04. The van der Waals surface area contributed by atoms with Gasteiger partial charge in [-0.25, -0.2) is 0 Å². The summed E-state index contributed by atoms with van der Waals surface area (Å²) in [5.41, 5.74) is 3.81. The zero-order chi connectivity index (χ0) is 14.4. The van der Waals surface area contributed by atoms with E-state index in [0.717, 1.165) is 18.8 Å². The minimum atomic E-state index is 0.410. The second-order valence-electron chi connectivity index (χ2n) is 5.74. The van der Waals surface area contributed by atoms with Crippen molar-refractivity contribution in [3.8, 4) is 17.6 Å². The first-order valence-corrected chi connectivity index (χ1v) is 7.09. The van der Waals surface area contributed by atoms with E-state index in [2.05, 4.69) is 58.6 Å². The van der Waals surface area contributed by atoms with Crippen molar-refractivity contribution >= 4 is 0 Å². The minimum absolute atomic E-state index is 0.410. The molecule has 1 aromatic carbocycles. The lowest BCUT2D eigenvalue weighted by Crippen LogP contribution is -2.09. The van der Waals surface area contributed by atoms with Crippen LogP contribution in [0.25, 0.3) is 0 Å². The molecule has 1 unspecified atom stereocenters. The van der Waals surface area contributed by atoms with Gasteiger partial charge in [0.15, 0.2) is 0 Å². The van der Waals surface area contributed by atoms with Crippen LogP contribution in [0.2, 0.25) is 0 Å². The Morgan fingerprint density at radius 1 is 1.16 bits per heavy atom. The molecule has 104 valence electrons. The smallest absolute Gasteiger partial charge is 0.125 e. The van der Waals surface area contributed by atoms with Crippen LogP contribution in [0.5, 0.6) is 5.75 Å². The van der Waals surface area contributed by atoms with Crippen LogP contribution in [0.15, 0.2) is 12.1 Å². The van der Waals surface area contributed by atoms with E-state index in [4.69, 9.17) is 4.74 Å². The third-order valence-corrected chi connectivity index (χ3v) is 3.12. The minimum Gasteiger partial charge on any atom is -0.493 e. The van der Waals surface area contributed by atoms with Gasteiger partial charge in [0.1, 0.15) is 5.75 Å². The average molecular weight is 258 g/mol. The topological polar surface area (TPSA) is 9.23 Å². The van der Waals surface area contributed by atoms with Gasteiger partial charge in [0, 0.05) is 6.42 Å². The summed E-state index contributed by atoms with van der Waals surface area (Å²) in [4.78, 5) is 0. The molecule has 0 fully saturated rings. The van der Waals surface area contributed by atoms with Gasteiger partial charge in [-0.15, -0.1) is 11.8 Å². The molecule has 0 aliphatic rings. The summed E-state index contributed by atoms with van der Waals surface area (Å²) >= 11 is 0. The Morgan fingerprint density at radius 2 is 1.84 bits per heavy atom. The lowest BCUT2D eigenvalue weighted by atomic mass is 9.93. The molecule has 0 aliphatic carbocycles. The summed E-state index contributed by atoms with van der Waals surface area (Å²) in [5.74, 6) is 8.16. The van der Waals surface area contributed by atoms with Crippen molar-refractivity contribution in [1.82, 2.24) is 0 Å². The van der Waals surface area contributed by atoms with Crippen molar-refractivity contribution in [1.29, 1.82) is 0 Å². The van der Waals surface area contributed by atoms with Crippen LogP contribution in [0.3, 0.4) is 0 Å². The van der Waals surface area contributed by atoms with Crippen molar-refractivity contribution in [2.75, 3.05) is 6.61 Å². The molecule has 0 aromatic heterocycles. The molecule has 0 saturated heterocycles. The highest BCUT2D eigenvalue weighted by Crippen LogP contribution is 2.33. The number of rotatable bonds is 5. The van der Waals surface area contributed by atoms with Crippen LogP contribution in [0, 0.1) is 31.6 Å². The summed E-state index contributed by atoms with van der Waals surface area (Å²) in [7, 11) is 0. The number of ether oxygens (including phenoxy) is 1. The van der Waals surface area contributed by atoms with E-state index in [1.165, 1.54) is 16.7 Å². The monoisotopic (exact) mass is 258 g/mol. The van der Waals surface area contributed by atoms with E-state index in [-0.39, 0.29) is 0 Å². The zero-order valence-corrected chi connectivity index (χ0v) is 13.1. The van der Waals surface area contributed by atoms with Crippen LogP contribution < -0.4 is 4.74 Å². The lowest BCUT2D eigenvalue weighted by Gasteiger charge is -2.19. The van der Waals surface area contributed by atoms with E-state index in [1.807, 2.05) is 6.92 Å². The van der Waals surface area contributed by atoms with E-state index in [1.54, 1.807) is 0 Å². The standard InChI is InChI=1S/C18H26O/c1-7-8-9-15(5)17-11-14(4)10-16(6)18(17)19-12-13(2)3/h10-11,13,15H,9,12H2,1-6H3. The molecule has 0 heterocycles. The fourth-order valence-electron chi connectivity index (χ4n) is 2.17. The van der Waals surface area contributed by atoms with Crippen molar-refractivity contribution in [2.24, 2.45) is 5.92 Å². The van der Waals surface area contributed by atoms with Gasteiger partial charge in [0.2, 0.25) is 0 Å². The number of hydrogen-bond acceptors (Lipinski definition) is 1. The predicted octanol–water partition coefficient (Wildman–Crippen LogP) is 4.86. The zero-order valence-electron chi connectivity index (χ0n) is 13.1. The summed E-state index contributed by atoms with van der Waals surface area (Å²) in [6.07, 6.45) is 0.886. The largest absolute Gasteiger partial charge is 0.493 e. The second-order valence-corrected chi connectivity index (χ2v) is 5.74. The normalized spacial score (nSPS) is 11.9. The van der Waals surface area contributed by atoms with Crippen LogP contribution in [0.1, 0.15) is 56.7 Å². The lowest BCUT2D eigenvalue weighted by molar-refractivity contribution is 0.266. The Bertz CT molecular complexity index is 474. The van der Waals surface area contributed by atoms with Crippen molar-refractivity contribution in [3.05, 3.63) is 28.8 Å². The molecule has 1 rings (SSSR count). The van der Waals surface area contributed by atoms with Gasteiger partial charge < -0.3 is 4.74 Å². The second kappa shape index (κ2) is 7.24. The molecule has 1 nitrogen and oxygen atoms in total. The molecule has 0 spiro atoms. The fourth-order valence-corrected chi connectivity index (χ4v) is 2.17. The SMILES string of the molecule is CC#CCC(C)c1cc(C)cc(C)c1OCC(C)C. The first-order valence-electron chi connectivity index (χ1n) is 7.09. The Labute approximate surface area is 118 Å². The van der Waals surface area contributed by atoms with E-state index < -0.39 is 0 Å². The first-order chi connectivity index (χ1) is 8.95. The van der Waals surface area contributed by atoms with Gasteiger partial charge in [-0.2, -0.15) is 0 Å². The molecular formula is C18H26O. The number of benzene rings is 1. The van der Waals surface area contributed by atoms with Crippen LogP contribution >= 0.6 is 0 Å². The predicted molar refractivity (Wildman–Crippen MR) is 82.7 cm³/mol. The Kier molecular flexibility index (Phi) is 5.96. The van der Waals surface area contributed by atoms with E-state index in [0.29, 0.717) is 11.8 Å². The molecule has 1 heteroatoms. The van der Waals surface area contributed by atoms with Gasteiger partial charge in [-0.1, -0.05) is 38.5 Å². The van der Waals surface area contributed by atoms with Crippen LogP contribution in [-0.4, -0.2) is 6.61 Å². The molecular weight excluding hydrogens is 232 g/mol. The molecule has 19 heavy (non-hydrogen) atoms. The summed E-state index contributed by atoms with van der Waals surface area (Å²) in [6, 6.07) is 4.43. The van der Waals surface area contributed by atoms with Gasteiger partial charge >= 0.3 is 0 Å². The third kappa shape index (κ3) is 4.63. The highest BCUT2D eigenvalue weighted by atomic mass is 16.5. The van der Waals surface area contributed by atoms with Gasteiger partial charge in [0.25, 0.3) is 0 Å². The molecule has 0 aliphatic heterocycles. The molecule has 0 N–H and O–H groups in total. The van der Waals surface area contributed by atoms with Crippen molar-refractivity contribution in [2.45, 2.75) is 53.9 Å². The highest BCUT2D eigenvalue weighted by molar-refractivity contribution is 5.46. The van der Waals surface area contributed by atoms with Gasteiger partial charge in [0.05, 0.1) is 6.61 Å². The molecule has 0 saturated carbocycles. The molecule has 1 atom stereocenters. The molecule has 0 radical (unpaired) electrons. The van der Waals surface area contributed by atoms with E-state index >= 15 is 0 Å². The van der Waals surface area contributed by atoms with Crippen molar-refractivity contribution in [3.63, 3.8) is 0 Å². The number of aryl methyl sites for hydroxylation is 2. The maximum atomic E-state index is 6.04. The summed E-state index contributed by atoms with van der Waals surface area (Å²) in [5, 5.41) is 0. The van der Waals surface area contributed by atoms with Gasteiger partial charge in [-0.05, 0) is 43.7 Å². The molecule has 1 aromatic rings. The average Bonchev–Trinajstić information content (AvgIpc) is 2.33. The van der Waals surface area contributed by atoms with E-state index in [9.17, 15) is 0 Å². The van der Waals surface area contributed by atoms with Gasteiger partial charge in [-0.3, -0.25) is 0 Å². The highest BCUT2D eigenvalue weighted by Gasteiger charge is 2.14. The Balaban J connectivity index is 3.07. The fraction of sp³-hybridized carbons (Fsp3) is 0.556. The van der Waals surface area contributed by atoms with Crippen molar-refractivity contribution < 1.29 is 4.74 Å². The number of hydrogen-bond donors (Lipinski definition) is 0. The molecule has 0 bridgehead atoms. The third-order valence-electron chi connectivity index (χ3n) is 3.12. The van der Waals surface area contributed by atoms with Crippen LogP contribution in [0.4, 0.5) is 0 Å². The molecule has 0 amide bonds. The summed E-state index contributed by atoms with van der Waals surface area (Å²) in [6.45, 7) is 13.5.